The quantitative estimate of drug-likeness (QED) is 0.460. The zero-order chi connectivity index (χ0) is 18.5. The van der Waals surface area contributed by atoms with E-state index in [1.165, 1.54) is 11.3 Å². The van der Waals surface area contributed by atoms with Gasteiger partial charge in [-0.15, -0.1) is 17.9 Å². The average Bonchev–Trinajstić information content (AvgIpc) is 3.18. The highest BCUT2D eigenvalue weighted by Gasteiger charge is 2.11. The molecule has 0 saturated carbocycles. The van der Waals surface area contributed by atoms with Gasteiger partial charge in [-0.1, -0.05) is 29.8 Å². The summed E-state index contributed by atoms with van der Waals surface area (Å²) >= 11 is 12.4. The lowest BCUT2D eigenvalue weighted by Gasteiger charge is -2.03. The van der Waals surface area contributed by atoms with Crippen molar-refractivity contribution in [3.63, 3.8) is 0 Å². The van der Waals surface area contributed by atoms with Crippen LogP contribution < -0.4 is 5.32 Å². The molecule has 1 aromatic carbocycles. The molecule has 0 saturated heterocycles. The number of nitrogens with zero attached hydrogens (tertiary/aromatic N) is 3. The van der Waals surface area contributed by atoms with Crippen molar-refractivity contribution >= 4 is 46.2 Å². The maximum Gasteiger partial charge on any atom is 0.230 e. The van der Waals surface area contributed by atoms with Gasteiger partial charge in [0.1, 0.15) is 5.82 Å². The van der Waals surface area contributed by atoms with Crippen LogP contribution in [0.4, 0.5) is 5.13 Å². The van der Waals surface area contributed by atoms with E-state index in [1.807, 2.05) is 22.1 Å². The van der Waals surface area contributed by atoms with Crippen LogP contribution in [0.15, 0.2) is 42.3 Å². The molecule has 0 aliphatic carbocycles. The van der Waals surface area contributed by atoms with Gasteiger partial charge in [-0.2, -0.15) is 5.10 Å². The first-order chi connectivity index (χ1) is 12.5. The molecule has 0 fully saturated rings. The second kappa shape index (κ2) is 8.39. The first-order valence-electron chi connectivity index (χ1n) is 7.79. The number of rotatable bonds is 7. The van der Waals surface area contributed by atoms with Crippen molar-refractivity contribution < 1.29 is 4.79 Å². The van der Waals surface area contributed by atoms with E-state index in [1.54, 1.807) is 18.2 Å². The number of amides is 1. The first-order valence-corrected chi connectivity index (χ1v) is 9.45. The molecule has 26 heavy (non-hydrogen) atoms. The molecule has 3 rings (SSSR count). The van der Waals surface area contributed by atoms with Gasteiger partial charge in [0.05, 0.1) is 18.5 Å². The number of carbonyl (C=O) groups is 1. The van der Waals surface area contributed by atoms with E-state index in [0.717, 1.165) is 17.1 Å². The number of hydrogen-bond donors (Lipinski definition) is 2. The van der Waals surface area contributed by atoms with Gasteiger partial charge < -0.3 is 5.32 Å². The van der Waals surface area contributed by atoms with Gasteiger partial charge in [-0.25, -0.2) is 4.98 Å². The fourth-order valence-electron chi connectivity index (χ4n) is 2.36. The summed E-state index contributed by atoms with van der Waals surface area (Å²) in [5, 5.41) is 12.9. The predicted molar refractivity (Wildman–Crippen MR) is 106 cm³/mol. The second-order valence-corrected chi connectivity index (χ2v) is 7.20. The van der Waals surface area contributed by atoms with E-state index in [9.17, 15) is 4.79 Å². The highest BCUT2D eigenvalue weighted by molar-refractivity contribution is 7.71. The molecule has 2 heterocycles. The lowest BCUT2D eigenvalue weighted by atomic mass is 10.1. The minimum absolute atomic E-state index is 0.123. The molecule has 2 N–H and O–H groups in total. The number of anilines is 1. The molecular formula is C17H16ClN5OS2. The molecule has 0 spiro atoms. The number of aromatic nitrogens is 4. The SMILES string of the molecule is C=CCn1c(Cc2csc(NC(=O)Cc3ccc(Cl)cc3)n2)n[nH]c1=S. The van der Waals surface area contributed by atoms with Crippen LogP contribution in [0, 0.1) is 4.77 Å². The molecule has 0 aliphatic rings. The summed E-state index contributed by atoms with van der Waals surface area (Å²) in [7, 11) is 0. The van der Waals surface area contributed by atoms with Gasteiger partial charge in [0.2, 0.25) is 5.91 Å². The average molecular weight is 406 g/mol. The molecule has 0 unspecified atom stereocenters. The molecule has 9 heteroatoms. The number of aromatic amines is 1. The Morgan fingerprint density at radius 3 is 2.92 bits per heavy atom. The number of nitrogens with one attached hydrogen (secondary N) is 2. The van der Waals surface area contributed by atoms with Crippen LogP contribution in [0.25, 0.3) is 0 Å². The molecular weight excluding hydrogens is 390 g/mol. The van der Waals surface area contributed by atoms with Crippen molar-refractivity contribution in [3.8, 4) is 0 Å². The van der Waals surface area contributed by atoms with Gasteiger partial charge in [-0.05, 0) is 29.9 Å². The molecule has 0 radical (unpaired) electrons. The molecule has 0 aliphatic heterocycles. The van der Waals surface area contributed by atoms with Crippen LogP contribution in [0.1, 0.15) is 17.1 Å². The third-order valence-electron chi connectivity index (χ3n) is 3.56. The third kappa shape index (κ3) is 4.66. The zero-order valence-corrected chi connectivity index (χ0v) is 16.1. The Labute approximate surface area is 164 Å². The Morgan fingerprint density at radius 2 is 2.19 bits per heavy atom. The first kappa shape index (κ1) is 18.5. The summed E-state index contributed by atoms with van der Waals surface area (Å²) < 4.78 is 2.41. The Hall–Kier alpha value is -2.29. The largest absolute Gasteiger partial charge is 0.302 e. The Balaban J connectivity index is 1.62. The fraction of sp³-hybridized carbons (Fsp3) is 0.176. The van der Waals surface area contributed by atoms with Crippen LogP contribution in [0.3, 0.4) is 0 Å². The molecule has 1 amide bonds. The second-order valence-electron chi connectivity index (χ2n) is 5.52. The highest BCUT2D eigenvalue weighted by atomic mass is 35.5. The lowest BCUT2D eigenvalue weighted by molar-refractivity contribution is -0.115. The van der Waals surface area contributed by atoms with Crippen molar-refractivity contribution in [3.05, 3.63) is 69.2 Å². The summed E-state index contributed by atoms with van der Waals surface area (Å²) in [5.74, 6) is 0.654. The predicted octanol–water partition coefficient (Wildman–Crippen LogP) is 4.01. The van der Waals surface area contributed by atoms with E-state index in [-0.39, 0.29) is 12.3 Å². The Kier molecular flexibility index (Phi) is 5.97. The number of allylic oxidation sites excluding steroid dienone is 1. The minimum Gasteiger partial charge on any atom is -0.302 e. The molecule has 2 aromatic heterocycles. The number of thiazole rings is 1. The standard InChI is InChI=1S/C17H16ClN5OS2/c1-2-7-23-14(21-22-17(23)25)9-13-10-26-16(19-13)20-15(24)8-11-3-5-12(18)6-4-11/h2-6,10H,1,7-9H2,(H,22,25)(H,19,20,24). The highest BCUT2D eigenvalue weighted by Crippen LogP contribution is 2.18. The van der Waals surface area contributed by atoms with E-state index in [2.05, 4.69) is 27.1 Å². The van der Waals surface area contributed by atoms with Crippen molar-refractivity contribution in [2.24, 2.45) is 0 Å². The van der Waals surface area contributed by atoms with E-state index in [4.69, 9.17) is 23.8 Å². The van der Waals surface area contributed by atoms with Gasteiger partial charge in [0, 0.05) is 16.9 Å². The van der Waals surface area contributed by atoms with Gasteiger partial charge in [-0.3, -0.25) is 14.5 Å². The number of halogens is 1. The van der Waals surface area contributed by atoms with Crippen molar-refractivity contribution in [1.82, 2.24) is 19.7 Å². The normalized spacial score (nSPS) is 10.7. The summed E-state index contributed by atoms with van der Waals surface area (Å²) in [6.07, 6.45) is 2.55. The van der Waals surface area contributed by atoms with E-state index < -0.39 is 0 Å². The van der Waals surface area contributed by atoms with Crippen LogP contribution in [0.5, 0.6) is 0 Å². The van der Waals surface area contributed by atoms with Gasteiger partial charge >= 0.3 is 0 Å². The molecule has 6 nitrogen and oxygen atoms in total. The maximum absolute atomic E-state index is 12.2. The summed E-state index contributed by atoms with van der Waals surface area (Å²) in [6.45, 7) is 4.31. The van der Waals surface area contributed by atoms with E-state index in [0.29, 0.717) is 27.9 Å². The van der Waals surface area contributed by atoms with Crippen LogP contribution in [-0.4, -0.2) is 25.7 Å². The zero-order valence-electron chi connectivity index (χ0n) is 13.7. The fourth-order valence-corrected chi connectivity index (χ4v) is 3.44. The monoisotopic (exact) mass is 405 g/mol. The number of hydrogen-bond acceptors (Lipinski definition) is 5. The summed E-state index contributed by atoms with van der Waals surface area (Å²) in [5.41, 5.74) is 1.71. The molecule has 0 atom stereocenters. The number of carbonyl (C=O) groups excluding carboxylic acids is 1. The van der Waals surface area contributed by atoms with Crippen LogP contribution >= 0.6 is 35.2 Å². The smallest absolute Gasteiger partial charge is 0.230 e. The Bertz CT molecular complexity index is 974. The Morgan fingerprint density at radius 1 is 1.42 bits per heavy atom. The van der Waals surface area contributed by atoms with Crippen molar-refractivity contribution in [1.29, 1.82) is 0 Å². The number of H-pyrrole nitrogens is 1. The topological polar surface area (TPSA) is 75.6 Å². The minimum atomic E-state index is -0.123. The van der Waals surface area contributed by atoms with Gasteiger partial charge in [0.25, 0.3) is 0 Å². The molecule has 0 bridgehead atoms. The maximum atomic E-state index is 12.2. The molecule has 3 aromatic rings. The van der Waals surface area contributed by atoms with Crippen molar-refractivity contribution in [2.45, 2.75) is 19.4 Å². The lowest BCUT2D eigenvalue weighted by Crippen LogP contribution is -2.14. The van der Waals surface area contributed by atoms with Gasteiger partial charge in [0.15, 0.2) is 9.90 Å². The molecule has 134 valence electrons. The summed E-state index contributed by atoms with van der Waals surface area (Å²) in [6, 6.07) is 7.19. The van der Waals surface area contributed by atoms with E-state index >= 15 is 0 Å². The van der Waals surface area contributed by atoms with Crippen LogP contribution in [-0.2, 0) is 24.2 Å². The summed E-state index contributed by atoms with van der Waals surface area (Å²) in [4.78, 5) is 16.6. The third-order valence-corrected chi connectivity index (χ3v) is 4.93. The van der Waals surface area contributed by atoms with Crippen molar-refractivity contribution in [2.75, 3.05) is 5.32 Å². The van der Waals surface area contributed by atoms with Crippen LogP contribution in [0.2, 0.25) is 5.02 Å². The number of benzene rings is 1.